The number of nitrogens with one attached hydrogen (secondary N) is 2. The van der Waals surface area contributed by atoms with E-state index >= 15 is 0 Å². The van der Waals surface area contributed by atoms with Crippen LogP contribution in [0.1, 0.15) is 46.8 Å². The van der Waals surface area contributed by atoms with E-state index in [1.807, 2.05) is 25.1 Å². The highest BCUT2D eigenvalue weighted by atomic mass is 31.2. The van der Waals surface area contributed by atoms with Gasteiger partial charge in [0.2, 0.25) is 0 Å². The molecule has 4 N–H and O–H groups in total. The van der Waals surface area contributed by atoms with Crippen LogP contribution in [0.5, 0.6) is 5.75 Å². The van der Waals surface area contributed by atoms with Gasteiger partial charge in [0.25, 0.3) is 5.56 Å². The summed E-state index contributed by atoms with van der Waals surface area (Å²) in [6, 6.07) is 12.4. The average Bonchev–Trinajstić information content (AvgIpc) is 3.17. The molecule has 1 aromatic heterocycles. The van der Waals surface area contributed by atoms with Crippen molar-refractivity contribution in [3.63, 3.8) is 0 Å². The second-order valence-electron chi connectivity index (χ2n) is 10.4. The molecular weight excluding hydrogens is 569 g/mol. The molecule has 1 aliphatic heterocycles. The van der Waals surface area contributed by atoms with E-state index in [2.05, 4.69) is 10.1 Å². The number of ether oxygens (including phenoxy) is 2. The molecule has 0 amide bonds. The second kappa shape index (κ2) is 12.9. The number of unbranched alkanes of at least 4 members (excludes halogenated alkanes) is 1. The molecule has 4 rings (SSSR count). The summed E-state index contributed by atoms with van der Waals surface area (Å²) in [7, 11) is -4.42. The molecule has 14 heteroatoms. The molecule has 42 heavy (non-hydrogen) atoms. The highest BCUT2D eigenvalue weighted by molar-refractivity contribution is 7.52. The van der Waals surface area contributed by atoms with Gasteiger partial charge in [0.1, 0.15) is 29.6 Å². The number of aliphatic hydroxyl groups is 2. The van der Waals surface area contributed by atoms with Crippen LogP contribution in [0.15, 0.2) is 64.3 Å². The lowest BCUT2D eigenvalue weighted by Crippen LogP contribution is -2.48. The third kappa shape index (κ3) is 6.83. The zero-order valence-electron chi connectivity index (χ0n) is 23.8. The summed E-state index contributed by atoms with van der Waals surface area (Å²) >= 11 is 0. The number of esters is 1. The van der Waals surface area contributed by atoms with Gasteiger partial charge in [-0.1, -0.05) is 49.7 Å². The van der Waals surface area contributed by atoms with E-state index in [1.165, 1.54) is 20.8 Å². The molecule has 1 aliphatic rings. The van der Waals surface area contributed by atoms with Crippen LogP contribution >= 0.6 is 7.75 Å². The van der Waals surface area contributed by atoms with E-state index in [1.54, 1.807) is 24.3 Å². The van der Waals surface area contributed by atoms with Gasteiger partial charge in [-0.15, -0.1) is 0 Å². The van der Waals surface area contributed by atoms with Gasteiger partial charge in [0.05, 0.1) is 12.7 Å². The lowest BCUT2D eigenvalue weighted by molar-refractivity contribution is -0.145. The van der Waals surface area contributed by atoms with Gasteiger partial charge in [0, 0.05) is 17.6 Å². The Labute approximate surface area is 242 Å². The second-order valence-corrected chi connectivity index (χ2v) is 12.0. The number of hydrogen-bond donors (Lipinski definition) is 4. The Morgan fingerprint density at radius 3 is 2.62 bits per heavy atom. The van der Waals surface area contributed by atoms with Crippen molar-refractivity contribution in [1.82, 2.24) is 14.6 Å². The van der Waals surface area contributed by atoms with Crippen LogP contribution in [0.3, 0.4) is 0 Å². The molecule has 1 saturated heterocycles. The number of rotatable bonds is 12. The fraction of sp³-hybridized carbons (Fsp3) is 0.464. The van der Waals surface area contributed by atoms with E-state index in [4.69, 9.17) is 18.5 Å². The summed E-state index contributed by atoms with van der Waals surface area (Å²) in [5.74, 6) is -0.459. The first-order valence-corrected chi connectivity index (χ1v) is 15.2. The van der Waals surface area contributed by atoms with Crippen LogP contribution in [0.2, 0.25) is 0 Å². The summed E-state index contributed by atoms with van der Waals surface area (Å²) < 4.78 is 38.2. The van der Waals surface area contributed by atoms with Gasteiger partial charge < -0.3 is 24.2 Å². The number of hydrogen-bond acceptors (Lipinski definition) is 10. The quantitative estimate of drug-likeness (QED) is 0.135. The maximum Gasteiger partial charge on any atom is 0.459 e. The van der Waals surface area contributed by atoms with E-state index in [-0.39, 0.29) is 12.4 Å². The Hall–Kier alpha value is -3.32. The zero-order valence-corrected chi connectivity index (χ0v) is 24.7. The number of benzene rings is 2. The van der Waals surface area contributed by atoms with Gasteiger partial charge in [-0.2, -0.15) is 5.09 Å². The van der Waals surface area contributed by atoms with Crippen LogP contribution in [0, 0.1) is 0 Å². The largest absolute Gasteiger partial charge is 0.465 e. The first-order valence-electron chi connectivity index (χ1n) is 13.6. The summed E-state index contributed by atoms with van der Waals surface area (Å²) in [6.45, 7) is 6.28. The van der Waals surface area contributed by atoms with Crippen molar-refractivity contribution in [2.24, 2.45) is 0 Å². The van der Waals surface area contributed by atoms with Crippen molar-refractivity contribution >= 4 is 24.5 Å². The zero-order chi connectivity index (χ0) is 30.7. The number of aromatic nitrogens is 2. The first-order chi connectivity index (χ1) is 19.9. The minimum Gasteiger partial charge on any atom is -0.465 e. The van der Waals surface area contributed by atoms with Crippen molar-refractivity contribution in [3.8, 4) is 5.75 Å². The first kappa shape index (κ1) is 31.6. The maximum atomic E-state index is 14.3. The molecule has 3 aromatic rings. The molecule has 228 valence electrons. The number of aliphatic hydroxyl groups excluding tert-OH is 1. The highest BCUT2D eigenvalue weighted by Gasteiger charge is 2.56. The minimum absolute atomic E-state index is 0.190. The van der Waals surface area contributed by atoms with Crippen LogP contribution in [-0.2, 0) is 23.4 Å². The standard InChI is InChI=1S/C28H36N3O10P/c1-5-6-16-38-25(34)17(2)30-42(37,41-21-13-9-11-19-10-7-8-12-20(19)21)40-18(3)23-24(33)28(4,36)26(39-23)31-15-14-22(32)29-27(31)35/h7-15,17-18,23-24,26,33,36H,5-6,16H2,1-4H3,(H,30,37)(H,29,32,35)/t17-,18-,23+,24+,26+,28+,42?/m0/s1. The molecule has 0 aliphatic carbocycles. The fourth-order valence-electron chi connectivity index (χ4n) is 4.66. The lowest BCUT2D eigenvalue weighted by atomic mass is 9.94. The van der Waals surface area contributed by atoms with Gasteiger partial charge in [-0.3, -0.25) is 23.7 Å². The van der Waals surface area contributed by atoms with Crippen molar-refractivity contribution < 1.29 is 38.1 Å². The van der Waals surface area contributed by atoms with Crippen LogP contribution in [-0.4, -0.2) is 62.3 Å². The van der Waals surface area contributed by atoms with Gasteiger partial charge in [0.15, 0.2) is 6.23 Å². The molecule has 0 spiro atoms. The maximum absolute atomic E-state index is 14.3. The third-order valence-electron chi connectivity index (χ3n) is 6.98. The van der Waals surface area contributed by atoms with E-state index in [0.717, 1.165) is 28.6 Å². The Balaban J connectivity index is 1.62. The molecule has 0 radical (unpaired) electrons. The number of nitrogens with zero attached hydrogens (tertiary/aromatic N) is 1. The molecule has 2 heterocycles. The molecule has 13 nitrogen and oxygen atoms in total. The lowest BCUT2D eigenvalue weighted by Gasteiger charge is -2.30. The SMILES string of the molecule is CCCCOC(=O)[C@H](C)NP(=O)(Oc1cccc2ccccc12)O[C@@H](C)[C@H]1O[C@@H](n2ccc(=O)[nH]c2=O)[C@](C)(O)[C@@H]1O. The van der Waals surface area contributed by atoms with E-state index < -0.39 is 61.1 Å². The topological polar surface area (TPSA) is 178 Å². The number of carbonyl (C=O) groups is 1. The smallest absolute Gasteiger partial charge is 0.459 e. The third-order valence-corrected chi connectivity index (χ3v) is 8.73. The molecule has 0 saturated carbocycles. The molecule has 0 bridgehead atoms. The normalized spacial score (nSPS) is 25.0. The molecule has 1 fully saturated rings. The summed E-state index contributed by atoms with van der Waals surface area (Å²) in [5.41, 5.74) is -3.53. The van der Waals surface area contributed by atoms with Crippen molar-refractivity contribution in [2.45, 2.75) is 76.7 Å². The molecule has 2 aromatic carbocycles. The predicted molar refractivity (Wildman–Crippen MR) is 153 cm³/mol. The molecule has 7 atom stereocenters. The van der Waals surface area contributed by atoms with Crippen LogP contribution < -0.4 is 20.9 Å². The molecule has 1 unspecified atom stereocenters. The van der Waals surface area contributed by atoms with Crippen molar-refractivity contribution in [1.29, 1.82) is 0 Å². The Bertz CT molecular complexity index is 1570. The van der Waals surface area contributed by atoms with Gasteiger partial charge in [-0.05, 0) is 38.6 Å². The average molecular weight is 606 g/mol. The Morgan fingerprint density at radius 1 is 1.19 bits per heavy atom. The van der Waals surface area contributed by atoms with E-state index in [0.29, 0.717) is 11.8 Å². The van der Waals surface area contributed by atoms with Crippen molar-refractivity contribution in [3.05, 3.63) is 75.6 Å². The van der Waals surface area contributed by atoms with Crippen LogP contribution in [0.4, 0.5) is 0 Å². The monoisotopic (exact) mass is 605 g/mol. The summed E-state index contributed by atoms with van der Waals surface area (Å²) in [6.07, 6.45) is -2.98. The summed E-state index contributed by atoms with van der Waals surface area (Å²) in [4.78, 5) is 38.6. The highest BCUT2D eigenvalue weighted by Crippen LogP contribution is 2.50. The van der Waals surface area contributed by atoms with Gasteiger partial charge >= 0.3 is 19.4 Å². The Morgan fingerprint density at radius 2 is 1.90 bits per heavy atom. The number of aromatic amines is 1. The minimum atomic E-state index is -4.42. The van der Waals surface area contributed by atoms with E-state index in [9.17, 15) is 29.2 Å². The summed E-state index contributed by atoms with van der Waals surface area (Å²) in [5, 5.41) is 26.2. The van der Waals surface area contributed by atoms with Crippen LogP contribution in [0.25, 0.3) is 10.8 Å². The number of H-pyrrole nitrogens is 1. The predicted octanol–water partition coefficient (Wildman–Crippen LogP) is 2.61. The Kier molecular flexibility index (Phi) is 9.71. The van der Waals surface area contributed by atoms with Crippen molar-refractivity contribution in [2.75, 3.05) is 6.61 Å². The number of carbonyl (C=O) groups excluding carboxylic acids is 1. The molecular formula is C28H36N3O10P. The fourth-order valence-corrected chi connectivity index (χ4v) is 6.37. The van der Waals surface area contributed by atoms with Gasteiger partial charge in [-0.25, -0.2) is 9.36 Å². The number of fused-ring (bicyclic) bond motifs is 1.